The van der Waals surface area contributed by atoms with Gasteiger partial charge in [0, 0.05) is 30.1 Å². The maximum atomic E-state index is 5.91. The molecule has 2 heterocycles. The van der Waals surface area contributed by atoms with Gasteiger partial charge in [-0.25, -0.2) is 4.98 Å². The molecule has 20 heavy (non-hydrogen) atoms. The van der Waals surface area contributed by atoms with E-state index in [2.05, 4.69) is 30.9 Å². The summed E-state index contributed by atoms with van der Waals surface area (Å²) in [7, 11) is 0. The summed E-state index contributed by atoms with van der Waals surface area (Å²) in [5.74, 6) is 0. The van der Waals surface area contributed by atoms with Gasteiger partial charge in [0.25, 0.3) is 0 Å². The molecule has 2 N–H and O–H groups in total. The van der Waals surface area contributed by atoms with Gasteiger partial charge in [-0.2, -0.15) is 0 Å². The number of aromatic nitrogens is 1. The first-order chi connectivity index (χ1) is 9.59. The van der Waals surface area contributed by atoms with Crippen LogP contribution in [0.2, 0.25) is 0 Å². The summed E-state index contributed by atoms with van der Waals surface area (Å²) in [6.07, 6.45) is 1.23. The summed E-state index contributed by atoms with van der Waals surface area (Å²) in [6, 6.07) is 10.3. The number of benzene rings is 1. The standard InChI is InChI=1S/C16H21N3S/c1-16(2)8-9-19(11-16)15-18-14(13(10-17)20-15)12-6-4-3-5-7-12/h3-7H,8-11,17H2,1-2H3. The van der Waals surface area contributed by atoms with Gasteiger partial charge in [0.05, 0.1) is 5.69 Å². The highest BCUT2D eigenvalue weighted by atomic mass is 32.1. The molecule has 1 saturated heterocycles. The van der Waals surface area contributed by atoms with Crippen LogP contribution in [0.1, 0.15) is 25.1 Å². The van der Waals surface area contributed by atoms with Crippen molar-refractivity contribution in [2.75, 3.05) is 18.0 Å². The highest BCUT2D eigenvalue weighted by Crippen LogP contribution is 2.38. The number of thiazole rings is 1. The molecule has 106 valence electrons. The minimum atomic E-state index is 0.390. The van der Waals surface area contributed by atoms with Gasteiger partial charge in [-0.3, -0.25) is 0 Å². The molecule has 1 aromatic heterocycles. The minimum Gasteiger partial charge on any atom is -0.348 e. The summed E-state index contributed by atoms with van der Waals surface area (Å²) in [6.45, 7) is 7.38. The van der Waals surface area contributed by atoms with Crippen molar-refractivity contribution in [3.8, 4) is 11.3 Å². The zero-order chi connectivity index (χ0) is 14.2. The van der Waals surface area contributed by atoms with Crippen LogP contribution in [-0.2, 0) is 6.54 Å². The second-order valence-corrected chi connectivity index (χ2v) is 7.24. The maximum absolute atomic E-state index is 5.91. The fourth-order valence-corrected chi connectivity index (χ4v) is 3.70. The van der Waals surface area contributed by atoms with E-state index in [9.17, 15) is 0 Å². The van der Waals surface area contributed by atoms with Crippen molar-refractivity contribution in [3.05, 3.63) is 35.2 Å². The first kappa shape index (κ1) is 13.6. The van der Waals surface area contributed by atoms with Crippen LogP contribution in [0, 0.1) is 5.41 Å². The third-order valence-electron chi connectivity index (χ3n) is 3.87. The van der Waals surface area contributed by atoms with Crippen LogP contribution in [0.3, 0.4) is 0 Å². The second kappa shape index (κ2) is 5.19. The monoisotopic (exact) mass is 287 g/mol. The Kier molecular flexibility index (Phi) is 3.52. The van der Waals surface area contributed by atoms with Gasteiger partial charge < -0.3 is 10.6 Å². The Labute approximate surface area is 124 Å². The summed E-state index contributed by atoms with van der Waals surface area (Å²) >= 11 is 1.74. The lowest BCUT2D eigenvalue weighted by Gasteiger charge is -2.18. The van der Waals surface area contributed by atoms with E-state index in [0.29, 0.717) is 12.0 Å². The van der Waals surface area contributed by atoms with Gasteiger partial charge in [0.2, 0.25) is 0 Å². The van der Waals surface area contributed by atoms with Crippen LogP contribution in [0.25, 0.3) is 11.3 Å². The molecule has 1 fully saturated rings. The van der Waals surface area contributed by atoms with Gasteiger partial charge in [-0.1, -0.05) is 55.5 Å². The van der Waals surface area contributed by atoms with E-state index < -0.39 is 0 Å². The predicted molar refractivity (Wildman–Crippen MR) is 86.1 cm³/mol. The van der Waals surface area contributed by atoms with Gasteiger partial charge in [-0.15, -0.1) is 0 Å². The molecule has 0 radical (unpaired) electrons. The molecule has 4 heteroatoms. The molecule has 1 aliphatic rings. The number of nitrogens with zero attached hydrogens (tertiary/aromatic N) is 2. The van der Waals surface area contributed by atoms with Crippen molar-refractivity contribution in [2.24, 2.45) is 11.1 Å². The Balaban J connectivity index is 1.94. The minimum absolute atomic E-state index is 0.390. The molecule has 0 spiro atoms. The molecular formula is C16H21N3S. The van der Waals surface area contributed by atoms with E-state index in [4.69, 9.17) is 10.7 Å². The summed E-state index contributed by atoms with van der Waals surface area (Å²) in [5, 5.41) is 1.12. The molecule has 3 nitrogen and oxygen atoms in total. The van der Waals surface area contributed by atoms with Crippen LogP contribution < -0.4 is 10.6 Å². The summed E-state index contributed by atoms with van der Waals surface area (Å²) < 4.78 is 0. The number of nitrogens with two attached hydrogens (primary N) is 1. The zero-order valence-electron chi connectivity index (χ0n) is 12.1. The first-order valence-electron chi connectivity index (χ1n) is 7.09. The first-order valence-corrected chi connectivity index (χ1v) is 7.91. The smallest absolute Gasteiger partial charge is 0.186 e. The number of hydrogen-bond donors (Lipinski definition) is 1. The van der Waals surface area contributed by atoms with Crippen LogP contribution in [0.5, 0.6) is 0 Å². The van der Waals surface area contributed by atoms with Crippen molar-refractivity contribution >= 4 is 16.5 Å². The SMILES string of the molecule is CC1(C)CCN(c2nc(-c3ccccc3)c(CN)s2)C1. The van der Waals surface area contributed by atoms with E-state index in [1.54, 1.807) is 11.3 Å². The van der Waals surface area contributed by atoms with Crippen LogP contribution in [0.4, 0.5) is 5.13 Å². The second-order valence-electron chi connectivity index (χ2n) is 6.17. The maximum Gasteiger partial charge on any atom is 0.186 e. The zero-order valence-corrected chi connectivity index (χ0v) is 12.9. The molecule has 0 aliphatic carbocycles. The quantitative estimate of drug-likeness (QED) is 0.939. The average Bonchev–Trinajstić information content (AvgIpc) is 3.02. The Morgan fingerprint density at radius 3 is 2.65 bits per heavy atom. The van der Waals surface area contributed by atoms with E-state index in [1.165, 1.54) is 11.3 Å². The molecule has 0 amide bonds. The molecular weight excluding hydrogens is 266 g/mol. The van der Waals surface area contributed by atoms with Crippen molar-refractivity contribution in [3.63, 3.8) is 0 Å². The Hall–Kier alpha value is -1.39. The van der Waals surface area contributed by atoms with Crippen molar-refractivity contribution < 1.29 is 0 Å². The molecule has 0 atom stereocenters. The van der Waals surface area contributed by atoms with Crippen LogP contribution >= 0.6 is 11.3 Å². The van der Waals surface area contributed by atoms with Gasteiger partial charge >= 0.3 is 0 Å². The average molecular weight is 287 g/mol. The number of rotatable bonds is 3. The molecule has 0 saturated carbocycles. The molecule has 3 rings (SSSR count). The van der Waals surface area contributed by atoms with Crippen molar-refractivity contribution in [2.45, 2.75) is 26.8 Å². The van der Waals surface area contributed by atoms with Crippen LogP contribution in [0.15, 0.2) is 30.3 Å². The van der Waals surface area contributed by atoms with E-state index in [0.717, 1.165) is 29.5 Å². The predicted octanol–water partition coefficient (Wildman–Crippen LogP) is 3.51. The lowest BCUT2D eigenvalue weighted by atomic mass is 9.93. The third-order valence-corrected chi connectivity index (χ3v) is 5.01. The van der Waals surface area contributed by atoms with E-state index in [-0.39, 0.29) is 0 Å². The molecule has 1 aromatic carbocycles. The number of hydrogen-bond acceptors (Lipinski definition) is 4. The summed E-state index contributed by atoms with van der Waals surface area (Å²) in [4.78, 5) is 8.44. The van der Waals surface area contributed by atoms with Gasteiger partial charge in [-0.05, 0) is 11.8 Å². The molecule has 0 unspecified atom stereocenters. The topological polar surface area (TPSA) is 42.2 Å². The van der Waals surface area contributed by atoms with E-state index in [1.807, 2.05) is 18.2 Å². The van der Waals surface area contributed by atoms with Gasteiger partial charge in [0.15, 0.2) is 5.13 Å². The van der Waals surface area contributed by atoms with Crippen molar-refractivity contribution in [1.82, 2.24) is 4.98 Å². The Morgan fingerprint density at radius 2 is 2.05 bits per heavy atom. The highest BCUT2D eigenvalue weighted by Gasteiger charge is 2.31. The lowest BCUT2D eigenvalue weighted by Crippen LogP contribution is -2.22. The molecule has 1 aliphatic heterocycles. The highest BCUT2D eigenvalue weighted by molar-refractivity contribution is 7.16. The van der Waals surface area contributed by atoms with Crippen LogP contribution in [-0.4, -0.2) is 18.1 Å². The normalized spacial score (nSPS) is 17.6. The largest absolute Gasteiger partial charge is 0.348 e. The molecule has 2 aromatic rings. The fourth-order valence-electron chi connectivity index (χ4n) is 2.71. The fraction of sp³-hybridized carbons (Fsp3) is 0.438. The third kappa shape index (κ3) is 2.58. The van der Waals surface area contributed by atoms with Crippen molar-refractivity contribution in [1.29, 1.82) is 0 Å². The van der Waals surface area contributed by atoms with Gasteiger partial charge in [0.1, 0.15) is 0 Å². The Morgan fingerprint density at radius 1 is 1.30 bits per heavy atom. The summed E-state index contributed by atoms with van der Waals surface area (Å²) in [5.41, 5.74) is 8.51. The molecule has 0 bridgehead atoms. The Bertz CT molecular complexity index is 589. The van der Waals surface area contributed by atoms with E-state index >= 15 is 0 Å². The number of anilines is 1. The lowest BCUT2D eigenvalue weighted by molar-refractivity contribution is 0.418.